The molecule has 0 aliphatic heterocycles. The van der Waals surface area contributed by atoms with E-state index in [-0.39, 0.29) is 12.0 Å². The summed E-state index contributed by atoms with van der Waals surface area (Å²) in [6.45, 7) is 8.46. The van der Waals surface area contributed by atoms with E-state index in [1.165, 1.54) is 11.1 Å². The van der Waals surface area contributed by atoms with Gasteiger partial charge in [-0.15, -0.1) is 0 Å². The van der Waals surface area contributed by atoms with Gasteiger partial charge in [-0.05, 0) is 36.0 Å². The fraction of sp³-hybridized carbons (Fsp3) is 0.571. The van der Waals surface area contributed by atoms with Crippen LogP contribution < -0.4 is 5.32 Å². The fourth-order valence-electron chi connectivity index (χ4n) is 1.68. The summed E-state index contributed by atoms with van der Waals surface area (Å²) in [7, 11) is 0. The van der Waals surface area contributed by atoms with Crippen LogP contribution in [0.5, 0.6) is 0 Å². The van der Waals surface area contributed by atoms with E-state index in [9.17, 15) is 0 Å². The van der Waals surface area contributed by atoms with Crippen molar-refractivity contribution in [1.29, 1.82) is 0 Å². The summed E-state index contributed by atoms with van der Waals surface area (Å²) in [5.41, 5.74) is 2.69. The van der Waals surface area contributed by atoms with Gasteiger partial charge >= 0.3 is 0 Å². The normalized spacial score (nSPS) is 11.8. The Kier molecular flexibility index (Phi) is 5.63. The number of aliphatic hydroxyl groups excluding tert-OH is 1. The SMILES string of the molecule is Cc1ccc(CNCC(C)(C)CCO)cc1Br. The molecule has 2 nitrogen and oxygen atoms in total. The number of nitrogens with one attached hydrogen (secondary N) is 1. The van der Waals surface area contributed by atoms with Gasteiger partial charge in [-0.1, -0.05) is 41.9 Å². The first kappa shape index (κ1) is 14.7. The van der Waals surface area contributed by atoms with E-state index in [1.54, 1.807) is 0 Å². The Morgan fingerprint density at radius 2 is 2.06 bits per heavy atom. The quantitative estimate of drug-likeness (QED) is 0.845. The zero-order valence-corrected chi connectivity index (χ0v) is 12.5. The number of hydrogen-bond acceptors (Lipinski definition) is 2. The standard InChI is InChI=1S/C14H22BrNO/c1-11-4-5-12(8-13(11)15)9-16-10-14(2,3)6-7-17/h4-5,8,16-17H,6-7,9-10H2,1-3H3. The zero-order chi connectivity index (χ0) is 12.9. The van der Waals surface area contributed by atoms with Crippen molar-refractivity contribution in [2.24, 2.45) is 5.41 Å². The first-order chi connectivity index (χ1) is 7.94. The van der Waals surface area contributed by atoms with Gasteiger partial charge in [0.2, 0.25) is 0 Å². The lowest BCUT2D eigenvalue weighted by molar-refractivity contribution is 0.207. The highest BCUT2D eigenvalue weighted by Gasteiger charge is 2.16. The molecule has 0 aromatic heterocycles. The molecule has 0 aliphatic carbocycles. The van der Waals surface area contributed by atoms with E-state index in [1.807, 2.05) is 0 Å². The van der Waals surface area contributed by atoms with Crippen LogP contribution in [0.1, 0.15) is 31.4 Å². The van der Waals surface area contributed by atoms with Gasteiger partial charge in [0.05, 0.1) is 0 Å². The van der Waals surface area contributed by atoms with Crippen LogP contribution in [-0.4, -0.2) is 18.3 Å². The average molecular weight is 300 g/mol. The number of hydrogen-bond donors (Lipinski definition) is 2. The van der Waals surface area contributed by atoms with Crippen LogP contribution in [0.25, 0.3) is 0 Å². The van der Waals surface area contributed by atoms with E-state index in [0.717, 1.165) is 24.0 Å². The molecule has 0 bridgehead atoms. The minimum absolute atomic E-state index is 0.149. The summed E-state index contributed by atoms with van der Waals surface area (Å²) in [5, 5.41) is 12.4. The molecule has 0 radical (unpaired) electrons. The third-order valence-corrected chi connectivity index (χ3v) is 3.81. The number of aryl methyl sites for hydroxylation is 1. The molecule has 1 rings (SSSR count). The minimum atomic E-state index is 0.149. The van der Waals surface area contributed by atoms with Crippen molar-refractivity contribution < 1.29 is 5.11 Å². The van der Waals surface area contributed by atoms with Crippen LogP contribution in [0.3, 0.4) is 0 Å². The topological polar surface area (TPSA) is 32.3 Å². The van der Waals surface area contributed by atoms with Crippen LogP contribution in [-0.2, 0) is 6.54 Å². The molecule has 0 atom stereocenters. The molecule has 0 fully saturated rings. The van der Waals surface area contributed by atoms with E-state index in [2.05, 4.69) is 60.2 Å². The summed E-state index contributed by atoms with van der Waals surface area (Å²) in [6, 6.07) is 6.42. The Bertz CT molecular complexity index is 363. The molecule has 96 valence electrons. The summed E-state index contributed by atoms with van der Waals surface area (Å²) < 4.78 is 1.16. The van der Waals surface area contributed by atoms with E-state index < -0.39 is 0 Å². The van der Waals surface area contributed by atoms with Gasteiger partial charge in [-0.3, -0.25) is 0 Å². The highest BCUT2D eigenvalue weighted by atomic mass is 79.9. The van der Waals surface area contributed by atoms with Crippen LogP contribution in [0.2, 0.25) is 0 Å². The molecule has 17 heavy (non-hydrogen) atoms. The van der Waals surface area contributed by atoms with Gasteiger partial charge in [0.1, 0.15) is 0 Å². The van der Waals surface area contributed by atoms with Gasteiger partial charge in [-0.25, -0.2) is 0 Å². The zero-order valence-electron chi connectivity index (χ0n) is 10.9. The van der Waals surface area contributed by atoms with Crippen molar-refractivity contribution in [3.8, 4) is 0 Å². The third-order valence-electron chi connectivity index (χ3n) is 2.96. The maximum Gasteiger partial charge on any atom is 0.0436 e. The Balaban J connectivity index is 2.43. The second kappa shape index (κ2) is 6.53. The first-order valence-corrected chi connectivity index (χ1v) is 6.80. The molecule has 0 heterocycles. The van der Waals surface area contributed by atoms with Gasteiger partial charge in [0.25, 0.3) is 0 Å². The van der Waals surface area contributed by atoms with Gasteiger partial charge < -0.3 is 10.4 Å². The lowest BCUT2D eigenvalue weighted by Gasteiger charge is -2.24. The van der Waals surface area contributed by atoms with E-state index in [4.69, 9.17) is 5.11 Å². The fourth-order valence-corrected chi connectivity index (χ4v) is 2.11. The van der Waals surface area contributed by atoms with Crippen molar-refractivity contribution in [3.63, 3.8) is 0 Å². The summed E-state index contributed by atoms with van der Waals surface area (Å²) in [6.07, 6.45) is 0.831. The van der Waals surface area contributed by atoms with Gasteiger partial charge in [0, 0.05) is 24.2 Å². The number of aliphatic hydroxyl groups is 1. The number of benzene rings is 1. The molecule has 2 N–H and O–H groups in total. The number of halogens is 1. The molecule has 0 saturated carbocycles. The molecule has 0 spiro atoms. The highest BCUT2D eigenvalue weighted by molar-refractivity contribution is 9.10. The molecule has 1 aromatic rings. The van der Waals surface area contributed by atoms with Crippen LogP contribution in [0, 0.1) is 12.3 Å². The van der Waals surface area contributed by atoms with Crippen LogP contribution in [0.4, 0.5) is 0 Å². The van der Waals surface area contributed by atoms with Crippen LogP contribution in [0.15, 0.2) is 22.7 Å². The minimum Gasteiger partial charge on any atom is -0.396 e. The average Bonchev–Trinajstić information content (AvgIpc) is 2.23. The largest absolute Gasteiger partial charge is 0.396 e. The van der Waals surface area contributed by atoms with E-state index >= 15 is 0 Å². The third kappa shape index (κ3) is 5.19. The summed E-state index contributed by atoms with van der Waals surface area (Å²) in [5.74, 6) is 0. The molecular formula is C14H22BrNO. The van der Waals surface area contributed by atoms with Crippen molar-refractivity contribution in [3.05, 3.63) is 33.8 Å². The highest BCUT2D eigenvalue weighted by Crippen LogP contribution is 2.19. The second-order valence-electron chi connectivity index (χ2n) is 5.32. The molecule has 0 amide bonds. The smallest absolute Gasteiger partial charge is 0.0436 e. The van der Waals surface area contributed by atoms with Crippen molar-refractivity contribution in [1.82, 2.24) is 5.32 Å². The van der Waals surface area contributed by atoms with Crippen LogP contribution >= 0.6 is 15.9 Å². The number of rotatable bonds is 6. The van der Waals surface area contributed by atoms with Crippen molar-refractivity contribution in [2.75, 3.05) is 13.2 Å². The summed E-state index contributed by atoms with van der Waals surface area (Å²) in [4.78, 5) is 0. The predicted molar refractivity (Wildman–Crippen MR) is 76.1 cm³/mol. The first-order valence-electron chi connectivity index (χ1n) is 6.01. The second-order valence-corrected chi connectivity index (χ2v) is 6.18. The molecule has 1 aromatic carbocycles. The van der Waals surface area contributed by atoms with Gasteiger partial charge in [0.15, 0.2) is 0 Å². The molecule has 0 aliphatic rings. The Morgan fingerprint density at radius 1 is 1.35 bits per heavy atom. The molecular weight excluding hydrogens is 278 g/mol. The maximum absolute atomic E-state index is 8.95. The maximum atomic E-state index is 8.95. The molecule has 3 heteroatoms. The Morgan fingerprint density at radius 3 is 2.65 bits per heavy atom. The van der Waals surface area contributed by atoms with Gasteiger partial charge in [-0.2, -0.15) is 0 Å². The lowest BCUT2D eigenvalue weighted by Crippen LogP contribution is -2.29. The monoisotopic (exact) mass is 299 g/mol. The van der Waals surface area contributed by atoms with E-state index in [0.29, 0.717) is 0 Å². The molecule has 0 unspecified atom stereocenters. The Hall–Kier alpha value is -0.380. The Labute approximate surface area is 113 Å². The predicted octanol–water partition coefficient (Wildman–Crippen LogP) is 3.26. The summed E-state index contributed by atoms with van der Waals surface area (Å²) >= 11 is 3.54. The van der Waals surface area contributed by atoms with Crippen molar-refractivity contribution in [2.45, 2.75) is 33.7 Å². The lowest BCUT2D eigenvalue weighted by atomic mass is 9.90. The van der Waals surface area contributed by atoms with Crippen molar-refractivity contribution >= 4 is 15.9 Å². The molecule has 0 saturated heterocycles.